The maximum absolute atomic E-state index is 10.9. The monoisotopic (exact) mass is 200 g/mol. The van der Waals surface area contributed by atoms with Crippen molar-refractivity contribution < 1.29 is 9.53 Å². The second-order valence-electron chi connectivity index (χ2n) is 4.18. The molecule has 1 fully saturated rings. The highest BCUT2D eigenvalue weighted by Gasteiger charge is 2.30. The summed E-state index contributed by atoms with van der Waals surface area (Å²) in [6, 6.07) is 0. The first kappa shape index (κ1) is 11.5. The minimum absolute atomic E-state index is 0.219. The molecule has 1 rings (SSSR count). The molecule has 1 aliphatic carbocycles. The molecule has 0 radical (unpaired) electrons. The third-order valence-corrected chi connectivity index (χ3v) is 2.86. The maximum Gasteiger partial charge on any atom is 0.246 e. The van der Waals surface area contributed by atoms with Gasteiger partial charge >= 0.3 is 0 Å². The van der Waals surface area contributed by atoms with Gasteiger partial charge in [-0.2, -0.15) is 0 Å². The van der Waals surface area contributed by atoms with Crippen LogP contribution in [0.2, 0.25) is 0 Å². The van der Waals surface area contributed by atoms with Gasteiger partial charge < -0.3 is 16.2 Å². The Morgan fingerprint density at radius 2 is 2.07 bits per heavy atom. The van der Waals surface area contributed by atoms with Crippen molar-refractivity contribution in [2.45, 2.75) is 50.7 Å². The maximum atomic E-state index is 10.9. The van der Waals surface area contributed by atoms with Crippen molar-refractivity contribution in [1.29, 1.82) is 0 Å². The minimum atomic E-state index is -0.476. The second-order valence-corrected chi connectivity index (χ2v) is 4.18. The van der Waals surface area contributed by atoms with E-state index in [-0.39, 0.29) is 5.54 Å². The quantitative estimate of drug-likeness (QED) is 0.679. The lowest BCUT2D eigenvalue weighted by Crippen LogP contribution is -2.44. The van der Waals surface area contributed by atoms with E-state index in [0.29, 0.717) is 13.0 Å². The van der Waals surface area contributed by atoms with Gasteiger partial charge in [0.25, 0.3) is 0 Å². The Hall–Kier alpha value is -0.610. The predicted octanol–water partition coefficient (Wildman–Crippen LogP) is 0.538. The second kappa shape index (κ2) is 4.75. The molecule has 1 amide bonds. The van der Waals surface area contributed by atoms with Crippen LogP contribution in [0.5, 0.6) is 0 Å². The normalized spacial score (nSPS) is 22.1. The Bertz CT molecular complexity index is 200. The molecule has 0 aromatic heterocycles. The van der Waals surface area contributed by atoms with Crippen molar-refractivity contribution in [1.82, 2.24) is 0 Å². The first-order valence-corrected chi connectivity index (χ1v) is 5.27. The van der Waals surface area contributed by atoms with Crippen LogP contribution in [0.4, 0.5) is 0 Å². The Morgan fingerprint density at radius 3 is 2.50 bits per heavy atom. The zero-order valence-electron chi connectivity index (χ0n) is 8.79. The van der Waals surface area contributed by atoms with E-state index in [1.165, 1.54) is 0 Å². The van der Waals surface area contributed by atoms with E-state index in [1.807, 2.05) is 6.92 Å². The Labute approximate surface area is 85.0 Å². The van der Waals surface area contributed by atoms with E-state index in [4.69, 9.17) is 16.2 Å². The van der Waals surface area contributed by atoms with Gasteiger partial charge in [-0.05, 0) is 19.3 Å². The molecule has 1 atom stereocenters. The minimum Gasteiger partial charge on any atom is -0.367 e. The fraction of sp³-hybridized carbons (Fsp3) is 0.900. The van der Waals surface area contributed by atoms with Crippen molar-refractivity contribution in [3.63, 3.8) is 0 Å². The first-order valence-electron chi connectivity index (χ1n) is 5.27. The molecule has 4 heteroatoms. The van der Waals surface area contributed by atoms with Gasteiger partial charge in [0.2, 0.25) is 5.91 Å². The smallest absolute Gasteiger partial charge is 0.246 e. The van der Waals surface area contributed by atoms with Crippen LogP contribution in [0.25, 0.3) is 0 Å². The van der Waals surface area contributed by atoms with Gasteiger partial charge in [0.1, 0.15) is 6.10 Å². The van der Waals surface area contributed by atoms with Crippen LogP contribution < -0.4 is 11.5 Å². The van der Waals surface area contributed by atoms with Crippen LogP contribution in [0.15, 0.2) is 0 Å². The van der Waals surface area contributed by atoms with Crippen molar-refractivity contribution in [2.24, 2.45) is 11.5 Å². The lowest BCUT2D eigenvalue weighted by atomic mass is 10.0. The van der Waals surface area contributed by atoms with E-state index < -0.39 is 12.0 Å². The summed E-state index contributed by atoms with van der Waals surface area (Å²) in [4.78, 5) is 10.9. The summed E-state index contributed by atoms with van der Waals surface area (Å²) < 4.78 is 5.44. The van der Waals surface area contributed by atoms with Gasteiger partial charge in [-0.15, -0.1) is 0 Å². The lowest BCUT2D eigenvalue weighted by molar-refractivity contribution is -0.130. The van der Waals surface area contributed by atoms with Gasteiger partial charge in [0.05, 0.1) is 6.61 Å². The van der Waals surface area contributed by atoms with Crippen LogP contribution in [0.3, 0.4) is 0 Å². The van der Waals surface area contributed by atoms with Crippen LogP contribution >= 0.6 is 0 Å². The topological polar surface area (TPSA) is 78.3 Å². The van der Waals surface area contributed by atoms with Crippen LogP contribution in [0, 0.1) is 0 Å². The molecule has 0 aromatic carbocycles. The fourth-order valence-electron chi connectivity index (χ4n) is 1.89. The third kappa shape index (κ3) is 2.96. The molecular formula is C10H20N2O2. The van der Waals surface area contributed by atoms with Crippen LogP contribution in [-0.4, -0.2) is 24.2 Å². The molecule has 4 N–H and O–H groups in total. The SMILES string of the molecule is CCC(OCC1(N)CCCC1)C(N)=O. The van der Waals surface area contributed by atoms with E-state index in [9.17, 15) is 4.79 Å². The Morgan fingerprint density at radius 1 is 1.50 bits per heavy atom. The number of ether oxygens (including phenoxy) is 1. The molecule has 82 valence electrons. The number of carbonyl (C=O) groups excluding carboxylic acids is 1. The number of rotatable bonds is 5. The molecule has 4 nitrogen and oxygen atoms in total. The van der Waals surface area contributed by atoms with Gasteiger partial charge in [-0.1, -0.05) is 19.8 Å². The molecule has 1 saturated carbocycles. The highest BCUT2D eigenvalue weighted by atomic mass is 16.5. The van der Waals surface area contributed by atoms with Crippen LogP contribution in [0.1, 0.15) is 39.0 Å². The number of hydrogen-bond acceptors (Lipinski definition) is 3. The highest BCUT2D eigenvalue weighted by Crippen LogP contribution is 2.27. The molecule has 0 heterocycles. The van der Waals surface area contributed by atoms with E-state index >= 15 is 0 Å². The standard InChI is InChI=1S/C10H20N2O2/c1-2-8(9(11)13)14-7-10(12)5-3-4-6-10/h8H,2-7,12H2,1H3,(H2,11,13). The van der Waals surface area contributed by atoms with Crippen molar-refractivity contribution in [3.05, 3.63) is 0 Å². The van der Waals surface area contributed by atoms with E-state index in [1.54, 1.807) is 0 Å². The zero-order valence-corrected chi connectivity index (χ0v) is 8.79. The first-order chi connectivity index (χ1) is 6.57. The average molecular weight is 200 g/mol. The number of primary amides is 1. The van der Waals surface area contributed by atoms with Gasteiger partial charge in [0, 0.05) is 5.54 Å². The summed E-state index contributed by atoms with van der Waals surface area (Å²) in [5.41, 5.74) is 11.0. The Kier molecular flexibility index (Phi) is 3.89. The summed E-state index contributed by atoms with van der Waals surface area (Å²) in [7, 11) is 0. The molecular weight excluding hydrogens is 180 g/mol. The summed E-state index contributed by atoms with van der Waals surface area (Å²) in [6.07, 6.45) is 4.44. The summed E-state index contributed by atoms with van der Waals surface area (Å²) in [5, 5.41) is 0. The highest BCUT2D eigenvalue weighted by molar-refractivity contribution is 5.78. The van der Waals surface area contributed by atoms with Crippen molar-refractivity contribution in [3.8, 4) is 0 Å². The Balaban J connectivity index is 2.34. The molecule has 0 aromatic rings. The molecule has 1 unspecified atom stereocenters. The molecule has 14 heavy (non-hydrogen) atoms. The molecule has 0 spiro atoms. The van der Waals surface area contributed by atoms with Gasteiger partial charge in [-0.3, -0.25) is 4.79 Å². The lowest BCUT2D eigenvalue weighted by Gasteiger charge is -2.25. The molecule has 0 bridgehead atoms. The van der Waals surface area contributed by atoms with E-state index in [0.717, 1.165) is 25.7 Å². The largest absolute Gasteiger partial charge is 0.367 e. The zero-order chi connectivity index (χ0) is 10.6. The molecule has 1 aliphatic rings. The van der Waals surface area contributed by atoms with Gasteiger partial charge in [0.15, 0.2) is 0 Å². The number of amides is 1. The van der Waals surface area contributed by atoms with Crippen LogP contribution in [-0.2, 0) is 9.53 Å². The number of nitrogens with two attached hydrogens (primary N) is 2. The van der Waals surface area contributed by atoms with Gasteiger partial charge in [-0.25, -0.2) is 0 Å². The summed E-state index contributed by atoms with van der Waals surface area (Å²) in [5.74, 6) is -0.394. The summed E-state index contributed by atoms with van der Waals surface area (Å²) in [6.45, 7) is 2.34. The summed E-state index contributed by atoms with van der Waals surface area (Å²) >= 11 is 0. The molecule has 0 saturated heterocycles. The predicted molar refractivity (Wildman–Crippen MR) is 54.6 cm³/mol. The number of carbonyl (C=O) groups is 1. The van der Waals surface area contributed by atoms with Crippen molar-refractivity contribution in [2.75, 3.05) is 6.61 Å². The average Bonchev–Trinajstić information content (AvgIpc) is 2.53. The third-order valence-electron chi connectivity index (χ3n) is 2.86. The number of hydrogen-bond donors (Lipinski definition) is 2. The fourth-order valence-corrected chi connectivity index (χ4v) is 1.89. The van der Waals surface area contributed by atoms with Crippen molar-refractivity contribution >= 4 is 5.91 Å². The molecule has 0 aliphatic heterocycles. The van der Waals surface area contributed by atoms with E-state index in [2.05, 4.69) is 0 Å².